The Morgan fingerprint density at radius 2 is 2.04 bits per heavy atom. The second-order valence-electron chi connectivity index (χ2n) is 6.57. The molecule has 134 valence electrons. The lowest BCUT2D eigenvalue weighted by Crippen LogP contribution is -2.34. The highest BCUT2D eigenvalue weighted by molar-refractivity contribution is 5.95. The number of H-pyrrole nitrogens is 1. The molecule has 1 saturated carbocycles. The lowest BCUT2D eigenvalue weighted by molar-refractivity contribution is 0.0704. The molecule has 5 nitrogen and oxygen atoms in total. The first-order chi connectivity index (χ1) is 12.2. The summed E-state index contributed by atoms with van der Waals surface area (Å²) in [5.41, 5.74) is 1.85. The summed E-state index contributed by atoms with van der Waals surface area (Å²) >= 11 is 0. The molecule has 6 heteroatoms. The van der Waals surface area contributed by atoms with Crippen LogP contribution in [0.25, 0.3) is 0 Å². The number of nitrogens with zero attached hydrogens (tertiary/aromatic N) is 2. The van der Waals surface area contributed by atoms with Gasteiger partial charge in [-0.3, -0.25) is 9.89 Å². The first-order valence-electron chi connectivity index (χ1n) is 8.87. The van der Waals surface area contributed by atoms with Crippen molar-refractivity contribution < 1.29 is 14.3 Å². The van der Waals surface area contributed by atoms with Gasteiger partial charge in [0.2, 0.25) is 0 Å². The van der Waals surface area contributed by atoms with Crippen LogP contribution in [0, 0.1) is 5.82 Å². The van der Waals surface area contributed by atoms with Crippen LogP contribution in [-0.2, 0) is 6.54 Å². The van der Waals surface area contributed by atoms with Crippen LogP contribution in [0.5, 0.6) is 0 Å². The average molecular weight is 345 g/mol. The maximum absolute atomic E-state index is 13.9. The molecule has 1 aromatic carbocycles. The van der Waals surface area contributed by atoms with E-state index in [-0.39, 0.29) is 31.4 Å². The number of aromatic nitrogens is 2. The fourth-order valence-corrected chi connectivity index (χ4v) is 3.54. The van der Waals surface area contributed by atoms with E-state index >= 15 is 0 Å². The molecule has 0 aliphatic heterocycles. The van der Waals surface area contributed by atoms with Gasteiger partial charge >= 0.3 is 0 Å². The number of hydrogen-bond donors (Lipinski definition) is 2. The molecule has 0 radical (unpaired) electrons. The third-order valence-corrected chi connectivity index (χ3v) is 4.89. The topological polar surface area (TPSA) is 69.2 Å². The molecule has 0 saturated heterocycles. The van der Waals surface area contributed by atoms with Gasteiger partial charge in [-0.2, -0.15) is 5.10 Å². The number of carbonyl (C=O) groups is 1. The predicted octanol–water partition coefficient (Wildman–Crippen LogP) is 3.23. The maximum Gasteiger partial charge on any atom is 0.257 e. The Bertz CT molecular complexity index is 710. The third kappa shape index (κ3) is 4.07. The summed E-state index contributed by atoms with van der Waals surface area (Å²) < 4.78 is 13.9. The monoisotopic (exact) mass is 345 g/mol. The fourth-order valence-electron chi connectivity index (χ4n) is 3.54. The molecule has 1 aromatic heterocycles. The lowest BCUT2D eigenvalue weighted by atomic mass is 9.85. The van der Waals surface area contributed by atoms with Crippen molar-refractivity contribution in [3.8, 4) is 0 Å². The molecule has 0 atom stereocenters. The van der Waals surface area contributed by atoms with E-state index in [2.05, 4.69) is 10.2 Å². The van der Waals surface area contributed by atoms with Crippen molar-refractivity contribution in [1.29, 1.82) is 0 Å². The molecule has 1 aliphatic rings. The van der Waals surface area contributed by atoms with Gasteiger partial charge in [-0.1, -0.05) is 37.5 Å². The highest BCUT2D eigenvalue weighted by atomic mass is 19.1. The number of aliphatic hydroxyl groups excluding tert-OH is 1. The largest absolute Gasteiger partial charge is 0.395 e. The van der Waals surface area contributed by atoms with E-state index in [0.29, 0.717) is 17.0 Å². The zero-order chi connectivity index (χ0) is 17.6. The van der Waals surface area contributed by atoms with Gasteiger partial charge in [0.25, 0.3) is 5.91 Å². The number of amides is 1. The SMILES string of the molecule is O=C(c1cn[nH]c1C1CCCCC1)N(CCO)Cc1ccccc1F. The van der Waals surface area contributed by atoms with Crippen molar-refractivity contribution in [3.63, 3.8) is 0 Å². The third-order valence-electron chi connectivity index (χ3n) is 4.89. The van der Waals surface area contributed by atoms with Crippen molar-refractivity contribution in [2.45, 2.75) is 44.6 Å². The van der Waals surface area contributed by atoms with Crippen LogP contribution >= 0.6 is 0 Å². The van der Waals surface area contributed by atoms with Crippen molar-refractivity contribution in [1.82, 2.24) is 15.1 Å². The van der Waals surface area contributed by atoms with E-state index in [1.165, 1.54) is 17.4 Å². The van der Waals surface area contributed by atoms with E-state index in [1.54, 1.807) is 24.4 Å². The zero-order valence-corrected chi connectivity index (χ0v) is 14.2. The summed E-state index contributed by atoms with van der Waals surface area (Å²) in [6.45, 7) is 0.112. The molecule has 2 aromatic rings. The van der Waals surface area contributed by atoms with Crippen LogP contribution in [-0.4, -0.2) is 39.3 Å². The van der Waals surface area contributed by atoms with Crippen LogP contribution in [0.2, 0.25) is 0 Å². The Labute approximate surface area is 146 Å². The van der Waals surface area contributed by atoms with Gasteiger partial charge in [-0.25, -0.2) is 4.39 Å². The Balaban J connectivity index is 1.81. The van der Waals surface area contributed by atoms with Crippen molar-refractivity contribution in [2.75, 3.05) is 13.2 Å². The number of aromatic amines is 1. The first-order valence-corrected chi connectivity index (χ1v) is 8.87. The Morgan fingerprint density at radius 3 is 2.76 bits per heavy atom. The van der Waals surface area contributed by atoms with Crippen molar-refractivity contribution >= 4 is 5.91 Å². The minimum atomic E-state index is -0.349. The van der Waals surface area contributed by atoms with Crippen LogP contribution in [0.3, 0.4) is 0 Å². The van der Waals surface area contributed by atoms with Gasteiger partial charge in [0.05, 0.1) is 24.1 Å². The Morgan fingerprint density at radius 1 is 1.28 bits per heavy atom. The minimum Gasteiger partial charge on any atom is -0.395 e. The summed E-state index contributed by atoms with van der Waals surface area (Å²) in [7, 11) is 0. The van der Waals surface area contributed by atoms with E-state index in [0.717, 1.165) is 31.4 Å². The molecule has 25 heavy (non-hydrogen) atoms. The molecule has 1 amide bonds. The van der Waals surface area contributed by atoms with Crippen LogP contribution in [0.4, 0.5) is 4.39 Å². The average Bonchev–Trinajstić information content (AvgIpc) is 3.13. The number of benzene rings is 1. The highest BCUT2D eigenvalue weighted by Gasteiger charge is 2.26. The van der Waals surface area contributed by atoms with E-state index < -0.39 is 0 Å². The number of aliphatic hydroxyl groups is 1. The Hall–Kier alpha value is -2.21. The smallest absolute Gasteiger partial charge is 0.257 e. The first kappa shape index (κ1) is 17.6. The molecule has 0 unspecified atom stereocenters. The second kappa shape index (κ2) is 8.25. The molecule has 2 N–H and O–H groups in total. The van der Waals surface area contributed by atoms with E-state index in [9.17, 15) is 14.3 Å². The summed E-state index contributed by atoms with van der Waals surface area (Å²) in [5.74, 6) is -0.246. The fraction of sp³-hybridized carbons (Fsp3) is 0.474. The second-order valence-corrected chi connectivity index (χ2v) is 6.57. The molecule has 1 fully saturated rings. The minimum absolute atomic E-state index is 0.126. The number of hydrogen-bond acceptors (Lipinski definition) is 3. The number of rotatable bonds is 6. The summed E-state index contributed by atoms with van der Waals surface area (Å²) in [4.78, 5) is 14.5. The summed E-state index contributed by atoms with van der Waals surface area (Å²) in [6, 6.07) is 6.40. The van der Waals surface area contributed by atoms with Gasteiger partial charge in [-0.15, -0.1) is 0 Å². The van der Waals surface area contributed by atoms with E-state index in [4.69, 9.17) is 0 Å². The standard InChI is InChI=1S/C19H24FN3O2/c20-17-9-5-4-8-15(17)13-23(10-11-24)19(25)16-12-21-22-18(16)14-6-2-1-3-7-14/h4-5,8-9,12,14,24H,1-3,6-7,10-11,13H2,(H,21,22). The van der Waals surface area contributed by atoms with Crippen molar-refractivity contribution in [2.24, 2.45) is 0 Å². The molecular formula is C19H24FN3O2. The summed E-state index contributed by atoms with van der Waals surface area (Å²) in [6.07, 6.45) is 7.21. The van der Waals surface area contributed by atoms with Gasteiger partial charge in [-0.05, 0) is 18.9 Å². The quantitative estimate of drug-likeness (QED) is 0.844. The van der Waals surface area contributed by atoms with Crippen LogP contribution in [0.15, 0.2) is 30.5 Å². The number of halogens is 1. The van der Waals surface area contributed by atoms with Crippen LogP contribution < -0.4 is 0 Å². The molecule has 0 bridgehead atoms. The van der Waals surface area contributed by atoms with Crippen LogP contribution in [0.1, 0.15) is 59.6 Å². The normalized spacial score (nSPS) is 15.3. The maximum atomic E-state index is 13.9. The number of carbonyl (C=O) groups excluding carboxylic acids is 1. The number of nitrogens with one attached hydrogen (secondary N) is 1. The predicted molar refractivity (Wildman–Crippen MR) is 92.6 cm³/mol. The zero-order valence-electron chi connectivity index (χ0n) is 14.2. The molecule has 3 rings (SSSR count). The van der Waals surface area contributed by atoms with Gasteiger partial charge in [0, 0.05) is 24.6 Å². The molecule has 1 heterocycles. The Kier molecular flexibility index (Phi) is 5.81. The van der Waals surface area contributed by atoms with Gasteiger partial charge in [0.1, 0.15) is 5.82 Å². The molecular weight excluding hydrogens is 321 g/mol. The highest BCUT2D eigenvalue weighted by Crippen LogP contribution is 2.33. The lowest BCUT2D eigenvalue weighted by Gasteiger charge is -2.25. The van der Waals surface area contributed by atoms with Crippen molar-refractivity contribution in [3.05, 3.63) is 53.1 Å². The van der Waals surface area contributed by atoms with E-state index in [1.807, 2.05) is 0 Å². The molecule has 1 aliphatic carbocycles. The van der Waals surface area contributed by atoms with Gasteiger partial charge < -0.3 is 10.0 Å². The molecule has 0 spiro atoms. The van der Waals surface area contributed by atoms with Gasteiger partial charge in [0.15, 0.2) is 0 Å². The summed E-state index contributed by atoms with van der Waals surface area (Å²) in [5, 5.41) is 16.4.